The summed E-state index contributed by atoms with van der Waals surface area (Å²) in [6.45, 7) is -0.0571. The average molecular weight is 419 g/mol. The largest absolute Gasteiger partial charge is 0.503 e. The Labute approximate surface area is 169 Å². The summed E-state index contributed by atoms with van der Waals surface area (Å²) in [7, 11) is 1.53. The summed E-state index contributed by atoms with van der Waals surface area (Å²) >= 11 is 0. The summed E-state index contributed by atoms with van der Waals surface area (Å²) in [5, 5.41) is 22.6. The Morgan fingerprint density at radius 1 is 1.30 bits per heavy atom. The highest BCUT2D eigenvalue weighted by molar-refractivity contribution is 5.99. The first-order valence-electron chi connectivity index (χ1n) is 9.28. The molecule has 1 fully saturated rings. The van der Waals surface area contributed by atoms with Crippen molar-refractivity contribution in [1.82, 2.24) is 14.8 Å². The fraction of sp³-hybridized carbons (Fsp3) is 0.350. The number of carbonyl (C=O) groups is 2. The van der Waals surface area contributed by atoms with Crippen LogP contribution < -0.4 is 10.7 Å². The number of halogens is 2. The van der Waals surface area contributed by atoms with Gasteiger partial charge in [0, 0.05) is 38.0 Å². The van der Waals surface area contributed by atoms with Crippen LogP contribution in [-0.4, -0.2) is 51.2 Å². The summed E-state index contributed by atoms with van der Waals surface area (Å²) in [6.07, 6.45) is 1.19. The molecule has 2 amide bonds. The maximum atomic E-state index is 13.8. The summed E-state index contributed by atoms with van der Waals surface area (Å²) in [6, 6.07) is 2.88. The Morgan fingerprint density at radius 2 is 2.00 bits per heavy atom. The van der Waals surface area contributed by atoms with E-state index in [9.17, 15) is 33.4 Å². The van der Waals surface area contributed by atoms with E-state index in [1.807, 2.05) is 0 Å². The molecule has 1 saturated carbocycles. The molecule has 2 heterocycles. The fourth-order valence-corrected chi connectivity index (χ4v) is 4.19. The Kier molecular flexibility index (Phi) is 4.61. The molecule has 1 aliphatic carbocycles. The lowest BCUT2D eigenvalue weighted by molar-refractivity contribution is -0.0453. The summed E-state index contributed by atoms with van der Waals surface area (Å²) in [4.78, 5) is 39.1. The van der Waals surface area contributed by atoms with Crippen LogP contribution in [0, 0.1) is 11.6 Å². The molecule has 1 spiro atoms. The predicted molar refractivity (Wildman–Crippen MR) is 100 cm³/mol. The van der Waals surface area contributed by atoms with Crippen LogP contribution in [0.15, 0.2) is 29.2 Å². The monoisotopic (exact) mass is 419 g/mol. The van der Waals surface area contributed by atoms with Crippen molar-refractivity contribution >= 4 is 11.8 Å². The molecule has 2 aromatic rings. The van der Waals surface area contributed by atoms with Crippen LogP contribution in [0.25, 0.3) is 0 Å². The molecule has 30 heavy (non-hydrogen) atoms. The summed E-state index contributed by atoms with van der Waals surface area (Å²) in [5.41, 5.74) is -2.40. The number of rotatable bonds is 3. The number of likely N-dealkylation sites (N-methyl/N-ethyl adjacent to an activating group) is 1. The molecule has 0 unspecified atom stereocenters. The van der Waals surface area contributed by atoms with E-state index in [1.165, 1.54) is 28.8 Å². The standard InChI is InChI=1S/C20H19F2N3O5/c1-24-9-20(5-12(26)6-20)25-8-13(16(27)17(28)15(25)19(24)30)18(29)23-7-10-2-3-11(21)4-14(10)22/h2-4,8,12,26,28H,5-7,9H2,1H3,(H,23,29). The minimum Gasteiger partial charge on any atom is -0.503 e. The number of aromatic nitrogens is 1. The van der Waals surface area contributed by atoms with Gasteiger partial charge in [-0.15, -0.1) is 0 Å². The van der Waals surface area contributed by atoms with Crippen LogP contribution in [0.4, 0.5) is 8.78 Å². The Bertz CT molecular complexity index is 1120. The average Bonchev–Trinajstić information content (AvgIpc) is 2.66. The van der Waals surface area contributed by atoms with Gasteiger partial charge in [-0.2, -0.15) is 0 Å². The van der Waals surface area contributed by atoms with Crippen molar-refractivity contribution in [2.75, 3.05) is 13.6 Å². The van der Waals surface area contributed by atoms with E-state index >= 15 is 0 Å². The van der Waals surface area contributed by atoms with Crippen molar-refractivity contribution in [3.05, 3.63) is 63.1 Å². The third-order valence-corrected chi connectivity index (χ3v) is 5.71. The van der Waals surface area contributed by atoms with E-state index in [0.29, 0.717) is 18.9 Å². The maximum absolute atomic E-state index is 13.8. The van der Waals surface area contributed by atoms with Crippen molar-refractivity contribution in [3.8, 4) is 5.75 Å². The number of nitrogens with one attached hydrogen (secondary N) is 1. The van der Waals surface area contributed by atoms with Gasteiger partial charge in [0.25, 0.3) is 11.8 Å². The number of aliphatic hydroxyl groups is 1. The summed E-state index contributed by atoms with van der Waals surface area (Å²) in [5.74, 6) is -3.92. The second kappa shape index (κ2) is 6.91. The molecule has 2 aliphatic rings. The molecule has 1 aromatic heterocycles. The Morgan fingerprint density at radius 3 is 2.63 bits per heavy atom. The van der Waals surface area contributed by atoms with Crippen LogP contribution in [0.1, 0.15) is 39.3 Å². The molecule has 4 rings (SSSR count). The second-order valence-corrected chi connectivity index (χ2v) is 7.81. The molecule has 158 valence electrons. The van der Waals surface area contributed by atoms with E-state index < -0.39 is 51.8 Å². The SMILES string of the molecule is CN1CC2(CC(O)C2)n2cc(C(=O)NCc3ccc(F)cc3F)c(=O)c(O)c2C1=O. The van der Waals surface area contributed by atoms with Gasteiger partial charge < -0.3 is 25.0 Å². The number of aliphatic hydroxyl groups excluding tert-OH is 1. The zero-order valence-corrected chi connectivity index (χ0v) is 16.0. The first kappa shape index (κ1) is 20.0. The third-order valence-electron chi connectivity index (χ3n) is 5.71. The lowest BCUT2D eigenvalue weighted by Gasteiger charge is -2.52. The molecule has 3 N–H and O–H groups in total. The van der Waals surface area contributed by atoms with Crippen LogP contribution in [0.5, 0.6) is 5.75 Å². The van der Waals surface area contributed by atoms with Crippen LogP contribution in [0.2, 0.25) is 0 Å². The van der Waals surface area contributed by atoms with Crippen molar-refractivity contribution in [2.45, 2.75) is 31.0 Å². The van der Waals surface area contributed by atoms with Gasteiger partial charge in [0.2, 0.25) is 5.43 Å². The number of benzene rings is 1. The Hall–Kier alpha value is -3.27. The van der Waals surface area contributed by atoms with Gasteiger partial charge in [0.15, 0.2) is 11.4 Å². The number of nitrogens with zero attached hydrogens (tertiary/aromatic N) is 2. The quantitative estimate of drug-likeness (QED) is 0.678. The van der Waals surface area contributed by atoms with Gasteiger partial charge in [-0.05, 0) is 18.9 Å². The number of carbonyl (C=O) groups excluding carboxylic acids is 2. The third kappa shape index (κ3) is 3.04. The van der Waals surface area contributed by atoms with Crippen LogP contribution in [-0.2, 0) is 12.1 Å². The molecule has 1 aliphatic heterocycles. The predicted octanol–water partition coefficient (Wildman–Crippen LogP) is 0.698. The van der Waals surface area contributed by atoms with E-state index in [0.717, 1.165) is 6.07 Å². The smallest absolute Gasteiger partial charge is 0.274 e. The lowest BCUT2D eigenvalue weighted by Crippen LogP contribution is -2.61. The zero-order chi connectivity index (χ0) is 21.8. The minimum absolute atomic E-state index is 0.0161. The van der Waals surface area contributed by atoms with E-state index in [2.05, 4.69) is 5.32 Å². The molecule has 0 saturated heterocycles. The van der Waals surface area contributed by atoms with Gasteiger partial charge in [0.05, 0.1) is 11.6 Å². The first-order valence-corrected chi connectivity index (χ1v) is 9.28. The van der Waals surface area contributed by atoms with Crippen molar-refractivity contribution in [3.63, 3.8) is 0 Å². The lowest BCUT2D eigenvalue weighted by atomic mass is 9.72. The van der Waals surface area contributed by atoms with Crippen molar-refractivity contribution in [2.24, 2.45) is 0 Å². The minimum atomic E-state index is -1.03. The molecular weight excluding hydrogens is 400 g/mol. The van der Waals surface area contributed by atoms with E-state index in [4.69, 9.17) is 0 Å². The molecule has 0 bridgehead atoms. The fourth-order valence-electron chi connectivity index (χ4n) is 4.19. The number of amides is 2. The topological polar surface area (TPSA) is 112 Å². The number of aromatic hydroxyl groups is 1. The van der Waals surface area contributed by atoms with Crippen molar-refractivity contribution in [1.29, 1.82) is 0 Å². The molecule has 1 aromatic carbocycles. The number of hydrogen-bond donors (Lipinski definition) is 3. The Balaban J connectivity index is 1.70. The summed E-state index contributed by atoms with van der Waals surface area (Å²) < 4.78 is 28.2. The normalized spacial score (nSPS) is 22.6. The van der Waals surface area contributed by atoms with E-state index in [1.54, 1.807) is 0 Å². The van der Waals surface area contributed by atoms with Gasteiger partial charge >= 0.3 is 0 Å². The number of fused-ring (bicyclic) bond motifs is 2. The van der Waals surface area contributed by atoms with Gasteiger partial charge in [0.1, 0.15) is 17.2 Å². The number of pyridine rings is 1. The second-order valence-electron chi connectivity index (χ2n) is 7.81. The van der Waals surface area contributed by atoms with Gasteiger partial charge in [-0.3, -0.25) is 14.4 Å². The van der Waals surface area contributed by atoms with Gasteiger partial charge in [-0.1, -0.05) is 6.07 Å². The highest BCUT2D eigenvalue weighted by Gasteiger charge is 2.51. The number of hydrogen-bond acceptors (Lipinski definition) is 5. The van der Waals surface area contributed by atoms with Crippen molar-refractivity contribution < 1.29 is 28.6 Å². The molecular formula is C20H19F2N3O5. The highest BCUT2D eigenvalue weighted by Crippen LogP contribution is 2.44. The van der Waals surface area contributed by atoms with E-state index in [-0.39, 0.29) is 24.3 Å². The van der Waals surface area contributed by atoms with Crippen LogP contribution >= 0.6 is 0 Å². The molecule has 10 heteroatoms. The van der Waals surface area contributed by atoms with Gasteiger partial charge in [-0.25, -0.2) is 8.78 Å². The highest BCUT2D eigenvalue weighted by atomic mass is 19.1. The first-order chi connectivity index (χ1) is 14.1. The molecule has 0 radical (unpaired) electrons. The molecule has 0 atom stereocenters. The zero-order valence-electron chi connectivity index (χ0n) is 16.0. The maximum Gasteiger partial charge on any atom is 0.274 e. The molecule has 8 nitrogen and oxygen atoms in total. The van der Waals surface area contributed by atoms with Crippen LogP contribution in [0.3, 0.4) is 0 Å².